The Hall–Kier alpha value is -2.99. The molecule has 2 aromatic carbocycles. The lowest BCUT2D eigenvalue weighted by molar-refractivity contribution is -0.135. The van der Waals surface area contributed by atoms with E-state index in [2.05, 4.69) is 17.4 Å². The molecule has 172 valence electrons. The van der Waals surface area contributed by atoms with Crippen LogP contribution >= 0.6 is 0 Å². The summed E-state index contributed by atoms with van der Waals surface area (Å²) in [7, 11) is 0. The van der Waals surface area contributed by atoms with Gasteiger partial charge in [-0.2, -0.15) is 0 Å². The number of carbonyl (C=O) groups excluding carboxylic acids is 1. The third-order valence-corrected chi connectivity index (χ3v) is 7.15. The molecule has 1 aliphatic carbocycles. The number of benzene rings is 2. The van der Waals surface area contributed by atoms with Gasteiger partial charge in [0.1, 0.15) is 5.75 Å². The lowest BCUT2D eigenvalue weighted by Crippen LogP contribution is -2.49. The molecular formula is C27H32N4O2. The van der Waals surface area contributed by atoms with Crippen molar-refractivity contribution in [1.29, 1.82) is 0 Å². The minimum atomic E-state index is -0.160. The summed E-state index contributed by atoms with van der Waals surface area (Å²) in [6, 6.07) is 13.2. The number of piperazine rings is 1. The highest BCUT2D eigenvalue weighted by atomic mass is 16.3. The number of nitrogens with one attached hydrogen (secondary N) is 1. The van der Waals surface area contributed by atoms with E-state index in [0.717, 1.165) is 35.1 Å². The number of amides is 1. The van der Waals surface area contributed by atoms with Crippen molar-refractivity contribution < 1.29 is 9.90 Å². The lowest BCUT2D eigenvalue weighted by Gasteiger charge is -2.36. The SMILES string of the molecule is Cc1ccc2c(C3CNCCN3C(=O)CCC3CCCC3)nc(-c3ccccc3O)nc2c1. The van der Waals surface area contributed by atoms with Crippen molar-refractivity contribution in [2.75, 3.05) is 19.6 Å². The average Bonchev–Trinajstić information content (AvgIpc) is 3.36. The molecule has 2 fully saturated rings. The van der Waals surface area contributed by atoms with Crippen LogP contribution in [-0.2, 0) is 4.79 Å². The Morgan fingerprint density at radius 1 is 1.15 bits per heavy atom. The highest BCUT2D eigenvalue weighted by molar-refractivity contribution is 5.85. The van der Waals surface area contributed by atoms with Crippen molar-refractivity contribution in [1.82, 2.24) is 20.2 Å². The number of rotatable bonds is 5. The summed E-state index contributed by atoms with van der Waals surface area (Å²) in [4.78, 5) is 25.1. The van der Waals surface area contributed by atoms with Crippen molar-refractivity contribution in [2.24, 2.45) is 5.92 Å². The molecule has 1 aliphatic heterocycles. The molecular weight excluding hydrogens is 412 g/mol. The van der Waals surface area contributed by atoms with Crippen LogP contribution in [0.5, 0.6) is 5.75 Å². The third kappa shape index (κ3) is 4.58. The zero-order valence-electron chi connectivity index (χ0n) is 19.3. The minimum Gasteiger partial charge on any atom is -0.507 e. The van der Waals surface area contributed by atoms with Crippen molar-refractivity contribution >= 4 is 16.8 Å². The molecule has 0 spiro atoms. The van der Waals surface area contributed by atoms with E-state index in [1.165, 1.54) is 25.7 Å². The Bertz CT molecular complexity index is 1160. The summed E-state index contributed by atoms with van der Waals surface area (Å²) in [6.07, 6.45) is 6.72. The topological polar surface area (TPSA) is 78.4 Å². The monoisotopic (exact) mass is 444 g/mol. The Kier molecular flexibility index (Phi) is 6.27. The zero-order valence-corrected chi connectivity index (χ0v) is 19.3. The quantitative estimate of drug-likeness (QED) is 0.594. The maximum absolute atomic E-state index is 13.4. The molecule has 5 rings (SSSR count). The van der Waals surface area contributed by atoms with Gasteiger partial charge in [0.05, 0.1) is 22.8 Å². The van der Waals surface area contributed by atoms with E-state index in [4.69, 9.17) is 9.97 Å². The molecule has 1 unspecified atom stereocenters. The van der Waals surface area contributed by atoms with Crippen LogP contribution in [0.4, 0.5) is 0 Å². The average molecular weight is 445 g/mol. The number of hydrogen-bond donors (Lipinski definition) is 2. The molecule has 1 saturated heterocycles. The highest BCUT2D eigenvalue weighted by Crippen LogP contribution is 2.34. The Morgan fingerprint density at radius 3 is 2.79 bits per heavy atom. The number of phenols is 1. The van der Waals surface area contributed by atoms with Crippen LogP contribution in [0.3, 0.4) is 0 Å². The van der Waals surface area contributed by atoms with Gasteiger partial charge in [-0.3, -0.25) is 4.79 Å². The molecule has 6 heteroatoms. The fourth-order valence-corrected chi connectivity index (χ4v) is 5.32. The molecule has 33 heavy (non-hydrogen) atoms. The van der Waals surface area contributed by atoms with Crippen LogP contribution in [0.15, 0.2) is 42.5 Å². The first-order chi connectivity index (χ1) is 16.1. The molecule has 1 saturated carbocycles. The van der Waals surface area contributed by atoms with Crippen molar-refractivity contribution in [3.63, 3.8) is 0 Å². The molecule has 2 N–H and O–H groups in total. The Morgan fingerprint density at radius 2 is 1.97 bits per heavy atom. The van der Waals surface area contributed by atoms with Crippen LogP contribution in [0.1, 0.15) is 55.8 Å². The van der Waals surface area contributed by atoms with Gasteiger partial charge >= 0.3 is 0 Å². The second-order valence-electron chi connectivity index (χ2n) is 9.47. The highest BCUT2D eigenvalue weighted by Gasteiger charge is 2.31. The molecule has 6 nitrogen and oxygen atoms in total. The lowest BCUT2D eigenvalue weighted by atomic mass is 9.99. The molecule has 2 aliphatic rings. The third-order valence-electron chi connectivity index (χ3n) is 7.15. The van der Waals surface area contributed by atoms with Gasteiger partial charge in [-0.05, 0) is 43.0 Å². The second kappa shape index (κ2) is 9.48. The van der Waals surface area contributed by atoms with Gasteiger partial charge in [0, 0.05) is 31.4 Å². The van der Waals surface area contributed by atoms with E-state index >= 15 is 0 Å². The predicted octanol–water partition coefficient (Wildman–Crippen LogP) is 4.75. The largest absolute Gasteiger partial charge is 0.507 e. The van der Waals surface area contributed by atoms with Crippen molar-refractivity contribution in [2.45, 2.75) is 51.5 Å². The normalized spacial score (nSPS) is 19.3. The number of nitrogens with zero attached hydrogens (tertiary/aromatic N) is 3. The number of aryl methyl sites for hydroxylation is 1. The van der Waals surface area contributed by atoms with Gasteiger partial charge < -0.3 is 15.3 Å². The Balaban J connectivity index is 1.53. The predicted molar refractivity (Wildman–Crippen MR) is 130 cm³/mol. The van der Waals surface area contributed by atoms with Gasteiger partial charge in [0.2, 0.25) is 5.91 Å². The maximum atomic E-state index is 13.4. The number of hydrogen-bond acceptors (Lipinski definition) is 5. The van der Waals surface area contributed by atoms with Crippen molar-refractivity contribution in [3.05, 3.63) is 53.7 Å². The molecule has 0 radical (unpaired) electrons. The van der Waals surface area contributed by atoms with Crippen LogP contribution in [0.25, 0.3) is 22.3 Å². The van der Waals surface area contributed by atoms with Crippen molar-refractivity contribution in [3.8, 4) is 17.1 Å². The molecule has 2 heterocycles. The number of phenolic OH excluding ortho intramolecular Hbond substituents is 1. The first-order valence-corrected chi connectivity index (χ1v) is 12.2. The van der Waals surface area contributed by atoms with Gasteiger partial charge in [-0.15, -0.1) is 0 Å². The van der Waals surface area contributed by atoms with Crippen LogP contribution in [0, 0.1) is 12.8 Å². The number of fused-ring (bicyclic) bond motifs is 1. The van der Waals surface area contributed by atoms with Crippen LogP contribution in [0.2, 0.25) is 0 Å². The molecule has 1 amide bonds. The van der Waals surface area contributed by atoms with Gasteiger partial charge in [-0.1, -0.05) is 49.9 Å². The van der Waals surface area contributed by atoms with Crippen LogP contribution < -0.4 is 5.32 Å². The summed E-state index contributed by atoms with van der Waals surface area (Å²) >= 11 is 0. The number of carbonyl (C=O) groups is 1. The van der Waals surface area contributed by atoms with E-state index in [1.54, 1.807) is 12.1 Å². The smallest absolute Gasteiger partial charge is 0.223 e. The van der Waals surface area contributed by atoms with Gasteiger partial charge in [0.25, 0.3) is 0 Å². The number of para-hydroxylation sites is 1. The molecule has 1 atom stereocenters. The van der Waals surface area contributed by atoms with E-state index in [9.17, 15) is 9.90 Å². The summed E-state index contributed by atoms with van der Waals surface area (Å²) in [5.41, 5.74) is 3.40. The molecule has 3 aromatic rings. The summed E-state index contributed by atoms with van der Waals surface area (Å²) in [6.45, 7) is 4.18. The first-order valence-electron chi connectivity index (χ1n) is 12.2. The number of aromatic nitrogens is 2. The van der Waals surface area contributed by atoms with E-state index in [-0.39, 0.29) is 17.7 Å². The first kappa shape index (κ1) is 21.8. The number of aromatic hydroxyl groups is 1. The summed E-state index contributed by atoms with van der Waals surface area (Å²) in [5.74, 6) is 1.56. The maximum Gasteiger partial charge on any atom is 0.223 e. The fourth-order valence-electron chi connectivity index (χ4n) is 5.32. The zero-order chi connectivity index (χ0) is 22.8. The van der Waals surface area contributed by atoms with Crippen LogP contribution in [-0.4, -0.2) is 45.5 Å². The molecule has 0 bridgehead atoms. The Labute approximate surface area is 195 Å². The minimum absolute atomic E-state index is 0.154. The fraction of sp³-hybridized carbons (Fsp3) is 0.444. The standard InChI is InChI=1S/C27H32N4O2/c1-18-10-12-20-22(16-18)29-27(21-8-4-5-9-24(21)32)30-26(20)23-17-28-14-15-31(23)25(33)13-11-19-6-2-3-7-19/h4-5,8-10,12,16,19,23,28,32H,2-3,6-7,11,13-15,17H2,1H3. The van der Waals surface area contributed by atoms with Gasteiger partial charge in [-0.25, -0.2) is 9.97 Å². The van der Waals surface area contributed by atoms with E-state index in [0.29, 0.717) is 36.8 Å². The summed E-state index contributed by atoms with van der Waals surface area (Å²) in [5, 5.41) is 14.9. The molecule has 1 aromatic heterocycles. The summed E-state index contributed by atoms with van der Waals surface area (Å²) < 4.78 is 0. The van der Waals surface area contributed by atoms with E-state index < -0.39 is 0 Å². The van der Waals surface area contributed by atoms with Gasteiger partial charge in [0.15, 0.2) is 5.82 Å². The second-order valence-corrected chi connectivity index (χ2v) is 9.47. The van der Waals surface area contributed by atoms with E-state index in [1.807, 2.05) is 30.0 Å².